The molecule has 2 heterocycles. The van der Waals surface area contributed by atoms with E-state index in [1.165, 1.54) is 22.9 Å². The molecule has 0 unspecified atom stereocenters. The molecule has 7 heteroatoms. The van der Waals surface area contributed by atoms with Crippen LogP contribution in [0.3, 0.4) is 0 Å². The normalized spacial score (nSPS) is 14.6. The molecular weight excluding hydrogens is 348 g/mol. The van der Waals surface area contributed by atoms with Gasteiger partial charge in [0.15, 0.2) is 5.16 Å². The standard InChI is InChI=1S/C19H24N4O2S/c1-14-10-15(2)12-17(11-14)23-5-4-20-19(23)26-13-18(25)22-8-6-21(7-9-22)16(3)24/h4-5,10-12H,6-9,13H2,1-3H3. The van der Waals surface area contributed by atoms with Crippen molar-refractivity contribution >= 4 is 23.6 Å². The number of hydrogen-bond acceptors (Lipinski definition) is 4. The van der Waals surface area contributed by atoms with E-state index in [9.17, 15) is 9.59 Å². The van der Waals surface area contributed by atoms with Gasteiger partial charge < -0.3 is 9.80 Å². The van der Waals surface area contributed by atoms with E-state index in [0.717, 1.165) is 10.8 Å². The first-order valence-electron chi connectivity index (χ1n) is 8.72. The Morgan fingerprint density at radius 1 is 1.04 bits per heavy atom. The number of hydrogen-bond donors (Lipinski definition) is 0. The molecule has 0 spiro atoms. The van der Waals surface area contributed by atoms with Crippen LogP contribution in [0, 0.1) is 13.8 Å². The minimum absolute atomic E-state index is 0.0712. The van der Waals surface area contributed by atoms with Crippen LogP contribution >= 0.6 is 11.8 Å². The topological polar surface area (TPSA) is 58.4 Å². The third-order valence-corrected chi connectivity index (χ3v) is 5.45. The smallest absolute Gasteiger partial charge is 0.233 e. The zero-order chi connectivity index (χ0) is 18.7. The number of piperazine rings is 1. The summed E-state index contributed by atoms with van der Waals surface area (Å²) in [5.74, 6) is 0.511. The highest BCUT2D eigenvalue weighted by Gasteiger charge is 2.22. The molecule has 0 bridgehead atoms. The van der Waals surface area contributed by atoms with Crippen LogP contribution in [-0.2, 0) is 9.59 Å². The highest BCUT2D eigenvalue weighted by molar-refractivity contribution is 7.99. The predicted octanol–water partition coefficient (Wildman–Crippen LogP) is 2.27. The molecule has 0 aliphatic carbocycles. The third kappa shape index (κ3) is 4.27. The van der Waals surface area contributed by atoms with Gasteiger partial charge in [-0.2, -0.15) is 0 Å². The second kappa shape index (κ2) is 7.95. The molecule has 1 aliphatic heterocycles. The van der Waals surface area contributed by atoms with E-state index in [2.05, 4.69) is 37.0 Å². The first-order valence-corrected chi connectivity index (χ1v) is 9.70. The van der Waals surface area contributed by atoms with Crippen molar-refractivity contribution < 1.29 is 9.59 Å². The Kier molecular flexibility index (Phi) is 5.66. The van der Waals surface area contributed by atoms with E-state index < -0.39 is 0 Å². The van der Waals surface area contributed by atoms with Gasteiger partial charge in [0, 0.05) is 51.2 Å². The number of benzene rings is 1. The molecule has 26 heavy (non-hydrogen) atoms. The lowest BCUT2D eigenvalue weighted by Gasteiger charge is -2.34. The van der Waals surface area contributed by atoms with Gasteiger partial charge in [-0.25, -0.2) is 4.98 Å². The molecule has 1 aliphatic rings. The zero-order valence-electron chi connectivity index (χ0n) is 15.4. The van der Waals surface area contributed by atoms with Crippen LogP contribution in [0.15, 0.2) is 35.7 Å². The number of amides is 2. The van der Waals surface area contributed by atoms with Crippen LogP contribution in [0.5, 0.6) is 0 Å². The van der Waals surface area contributed by atoms with E-state index in [-0.39, 0.29) is 11.8 Å². The van der Waals surface area contributed by atoms with Gasteiger partial charge in [-0.3, -0.25) is 14.2 Å². The van der Waals surface area contributed by atoms with Gasteiger partial charge in [0.2, 0.25) is 11.8 Å². The zero-order valence-corrected chi connectivity index (χ0v) is 16.3. The van der Waals surface area contributed by atoms with Crippen LogP contribution in [-0.4, -0.2) is 63.1 Å². The Hall–Kier alpha value is -2.28. The summed E-state index contributed by atoms with van der Waals surface area (Å²) in [6.07, 6.45) is 3.68. The highest BCUT2D eigenvalue weighted by atomic mass is 32.2. The molecule has 3 rings (SSSR count). The third-order valence-electron chi connectivity index (χ3n) is 4.49. The SMILES string of the molecule is CC(=O)N1CCN(C(=O)CSc2nccn2-c2cc(C)cc(C)c2)CC1. The van der Waals surface area contributed by atoms with E-state index in [1.54, 1.807) is 18.0 Å². The first-order chi connectivity index (χ1) is 12.4. The number of thioether (sulfide) groups is 1. The minimum atomic E-state index is 0.0712. The van der Waals surface area contributed by atoms with Gasteiger partial charge in [0.25, 0.3) is 0 Å². The maximum atomic E-state index is 12.5. The van der Waals surface area contributed by atoms with Crippen molar-refractivity contribution in [3.8, 4) is 5.69 Å². The maximum Gasteiger partial charge on any atom is 0.233 e. The average molecular weight is 372 g/mol. The lowest BCUT2D eigenvalue weighted by molar-refractivity contribution is -0.136. The van der Waals surface area contributed by atoms with Gasteiger partial charge in [0.05, 0.1) is 5.75 Å². The Bertz CT molecular complexity index is 789. The molecule has 2 aromatic rings. The van der Waals surface area contributed by atoms with Gasteiger partial charge in [-0.1, -0.05) is 17.8 Å². The lowest BCUT2D eigenvalue weighted by atomic mass is 10.1. The molecule has 0 radical (unpaired) electrons. The van der Waals surface area contributed by atoms with E-state index in [0.29, 0.717) is 31.9 Å². The maximum absolute atomic E-state index is 12.5. The van der Waals surface area contributed by atoms with Crippen molar-refractivity contribution in [2.45, 2.75) is 25.9 Å². The number of carbonyl (C=O) groups is 2. The monoisotopic (exact) mass is 372 g/mol. The molecule has 0 N–H and O–H groups in total. The van der Waals surface area contributed by atoms with Crippen molar-refractivity contribution in [3.05, 3.63) is 41.7 Å². The summed E-state index contributed by atoms with van der Waals surface area (Å²) in [6.45, 7) is 8.15. The van der Waals surface area contributed by atoms with E-state index in [1.807, 2.05) is 15.7 Å². The number of aromatic nitrogens is 2. The van der Waals surface area contributed by atoms with Gasteiger partial charge in [-0.05, 0) is 37.1 Å². The van der Waals surface area contributed by atoms with Crippen LogP contribution in [0.1, 0.15) is 18.1 Å². The van der Waals surface area contributed by atoms with Gasteiger partial charge in [-0.15, -0.1) is 0 Å². The molecule has 1 fully saturated rings. The van der Waals surface area contributed by atoms with Crippen molar-refractivity contribution in [2.24, 2.45) is 0 Å². The Morgan fingerprint density at radius 2 is 1.65 bits per heavy atom. The predicted molar refractivity (Wildman–Crippen MR) is 103 cm³/mol. The van der Waals surface area contributed by atoms with Gasteiger partial charge >= 0.3 is 0 Å². The lowest BCUT2D eigenvalue weighted by Crippen LogP contribution is -2.50. The quantitative estimate of drug-likeness (QED) is 0.773. The highest BCUT2D eigenvalue weighted by Crippen LogP contribution is 2.22. The van der Waals surface area contributed by atoms with E-state index in [4.69, 9.17) is 0 Å². The van der Waals surface area contributed by atoms with Crippen molar-refractivity contribution in [3.63, 3.8) is 0 Å². The summed E-state index contributed by atoms with van der Waals surface area (Å²) in [5.41, 5.74) is 3.46. The van der Waals surface area contributed by atoms with Crippen molar-refractivity contribution in [2.75, 3.05) is 31.9 Å². The molecule has 0 saturated carbocycles. The molecule has 1 aromatic heterocycles. The molecule has 1 saturated heterocycles. The Labute approximate surface area is 158 Å². The fourth-order valence-corrected chi connectivity index (χ4v) is 4.05. The van der Waals surface area contributed by atoms with E-state index >= 15 is 0 Å². The van der Waals surface area contributed by atoms with Crippen LogP contribution in [0.4, 0.5) is 0 Å². The summed E-state index contributed by atoms with van der Waals surface area (Å²) in [5, 5.41) is 0.811. The summed E-state index contributed by atoms with van der Waals surface area (Å²) < 4.78 is 2.02. The van der Waals surface area contributed by atoms with Crippen LogP contribution < -0.4 is 0 Å². The molecule has 138 valence electrons. The number of aryl methyl sites for hydroxylation is 2. The molecule has 1 aromatic carbocycles. The van der Waals surface area contributed by atoms with Crippen molar-refractivity contribution in [1.82, 2.24) is 19.4 Å². The number of nitrogens with zero attached hydrogens (tertiary/aromatic N) is 4. The Balaban J connectivity index is 1.62. The second-order valence-electron chi connectivity index (χ2n) is 6.60. The first kappa shape index (κ1) is 18.5. The minimum Gasteiger partial charge on any atom is -0.339 e. The molecule has 6 nitrogen and oxygen atoms in total. The summed E-state index contributed by atoms with van der Waals surface area (Å²) >= 11 is 1.45. The fraction of sp³-hybridized carbons (Fsp3) is 0.421. The fourth-order valence-electron chi connectivity index (χ4n) is 3.17. The van der Waals surface area contributed by atoms with Gasteiger partial charge in [0.1, 0.15) is 0 Å². The number of carbonyl (C=O) groups excluding carboxylic acids is 2. The van der Waals surface area contributed by atoms with Crippen LogP contribution in [0.25, 0.3) is 5.69 Å². The molecule has 0 atom stereocenters. The average Bonchev–Trinajstić information content (AvgIpc) is 3.07. The molecule has 2 amide bonds. The largest absolute Gasteiger partial charge is 0.339 e. The Morgan fingerprint density at radius 3 is 2.27 bits per heavy atom. The number of rotatable bonds is 4. The number of imidazole rings is 1. The van der Waals surface area contributed by atoms with Crippen LogP contribution in [0.2, 0.25) is 0 Å². The van der Waals surface area contributed by atoms with Crippen molar-refractivity contribution in [1.29, 1.82) is 0 Å². The molecular formula is C19H24N4O2S. The summed E-state index contributed by atoms with van der Waals surface area (Å²) in [4.78, 5) is 31.9. The second-order valence-corrected chi connectivity index (χ2v) is 7.54. The summed E-state index contributed by atoms with van der Waals surface area (Å²) in [7, 11) is 0. The summed E-state index contributed by atoms with van der Waals surface area (Å²) in [6, 6.07) is 6.36.